The molecule has 26 heavy (non-hydrogen) atoms. The van der Waals surface area contributed by atoms with Crippen molar-refractivity contribution in [2.45, 2.75) is 32.5 Å². The minimum Gasteiger partial charge on any atom is -0.490 e. The van der Waals surface area contributed by atoms with Crippen LogP contribution in [0.2, 0.25) is 0 Å². The second-order valence-electron chi connectivity index (χ2n) is 6.52. The molecular formula is C18H28ClF2N3O2. The van der Waals surface area contributed by atoms with Gasteiger partial charge in [-0.15, -0.1) is 12.4 Å². The van der Waals surface area contributed by atoms with Gasteiger partial charge in [-0.05, 0) is 19.4 Å². The van der Waals surface area contributed by atoms with Gasteiger partial charge in [0, 0.05) is 57.4 Å². The average molecular weight is 392 g/mol. The van der Waals surface area contributed by atoms with Gasteiger partial charge in [-0.2, -0.15) is 8.78 Å². The highest BCUT2D eigenvalue weighted by atomic mass is 35.5. The molecule has 0 spiro atoms. The number of hydrogen-bond donors (Lipinski definition) is 1. The monoisotopic (exact) mass is 391 g/mol. The number of alkyl halides is 2. The van der Waals surface area contributed by atoms with E-state index in [0.29, 0.717) is 24.9 Å². The van der Waals surface area contributed by atoms with Crippen molar-refractivity contribution in [3.63, 3.8) is 0 Å². The number of benzene rings is 1. The Morgan fingerprint density at radius 3 is 2.69 bits per heavy atom. The van der Waals surface area contributed by atoms with Gasteiger partial charge in [0.05, 0.1) is 6.61 Å². The molecule has 2 fully saturated rings. The number of piperazine rings is 1. The van der Waals surface area contributed by atoms with Crippen LogP contribution < -0.4 is 14.8 Å². The Morgan fingerprint density at radius 1 is 1.23 bits per heavy atom. The van der Waals surface area contributed by atoms with Crippen LogP contribution in [0.15, 0.2) is 18.2 Å². The zero-order valence-corrected chi connectivity index (χ0v) is 15.9. The van der Waals surface area contributed by atoms with E-state index in [-0.39, 0.29) is 18.2 Å². The molecule has 5 nitrogen and oxygen atoms in total. The van der Waals surface area contributed by atoms with Crippen molar-refractivity contribution >= 4 is 12.4 Å². The highest BCUT2D eigenvalue weighted by molar-refractivity contribution is 5.85. The topological polar surface area (TPSA) is 37.0 Å². The third-order valence-electron chi connectivity index (χ3n) is 4.88. The van der Waals surface area contributed by atoms with E-state index in [4.69, 9.17) is 9.47 Å². The highest BCUT2D eigenvalue weighted by Crippen LogP contribution is 2.34. The Bertz CT molecular complexity index is 559. The zero-order valence-electron chi connectivity index (χ0n) is 15.1. The first-order valence-electron chi connectivity index (χ1n) is 9.04. The maximum atomic E-state index is 12.8. The fourth-order valence-electron chi connectivity index (χ4n) is 3.72. The molecule has 0 bridgehead atoms. The first-order valence-corrected chi connectivity index (χ1v) is 9.04. The molecule has 0 saturated carbocycles. The van der Waals surface area contributed by atoms with Gasteiger partial charge in [-0.3, -0.25) is 9.80 Å². The van der Waals surface area contributed by atoms with E-state index in [0.717, 1.165) is 51.3 Å². The van der Waals surface area contributed by atoms with Crippen LogP contribution >= 0.6 is 12.4 Å². The third kappa shape index (κ3) is 5.42. The Balaban J connectivity index is 0.00000243. The summed E-state index contributed by atoms with van der Waals surface area (Å²) in [5.41, 5.74) is 0.757. The summed E-state index contributed by atoms with van der Waals surface area (Å²) in [5.74, 6) is 0.558. The van der Waals surface area contributed by atoms with Crippen molar-refractivity contribution in [1.29, 1.82) is 0 Å². The number of hydrogen-bond acceptors (Lipinski definition) is 5. The van der Waals surface area contributed by atoms with Crippen LogP contribution in [0.1, 0.15) is 18.9 Å². The highest BCUT2D eigenvalue weighted by Gasteiger charge is 2.29. The minimum absolute atomic E-state index is 0. The smallest absolute Gasteiger partial charge is 0.387 e. The maximum Gasteiger partial charge on any atom is 0.387 e. The van der Waals surface area contributed by atoms with Crippen molar-refractivity contribution in [1.82, 2.24) is 15.1 Å². The van der Waals surface area contributed by atoms with Gasteiger partial charge in [0.25, 0.3) is 0 Å². The van der Waals surface area contributed by atoms with Gasteiger partial charge in [0.1, 0.15) is 0 Å². The van der Waals surface area contributed by atoms with Crippen LogP contribution in [0.25, 0.3) is 0 Å². The normalized spacial score (nSPS) is 21.6. The van der Waals surface area contributed by atoms with Crippen molar-refractivity contribution in [3.8, 4) is 11.5 Å². The van der Waals surface area contributed by atoms with E-state index >= 15 is 0 Å². The van der Waals surface area contributed by atoms with Gasteiger partial charge in [-0.25, -0.2) is 0 Å². The maximum absolute atomic E-state index is 12.8. The van der Waals surface area contributed by atoms with E-state index in [9.17, 15) is 8.78 Å². The van der Waals surface area contributed by atoms with Crippen LogP contribution in [0, 0.1) is 0 Å². The third-order valence-corrected chi connectivity index (χ3v) is 4.88. The molecule has 0 radical (unpaired) electrons. The molecular weight excluding hydrogens is 364 g/mol. The Labute approximate surface area is 160 Å². The number of nitrogens with zero attached hydrogens (tertiary/aromatic N) is 2. The molecule has 1 N–H and O–H groups in total. The summed E-state index contributed by atoms with van der Waals surface area (Å²) in [6, 6.07) is 5.91. The van der Waals surface area contributed by atoms with Gasteiger partial charge in [-0.1, -0.05) is 12.1 Å². The van der Waals surface area contributed by atoms with E-state index in [2.05, 4.69) is 15.1 Å². The molecule has 3 rings (SSSR count). The van der Waals surface area contributed by atoms with Gasteiger partial charge < -0.3 is 14.8 Å². The van der Waals surface area contributed by atoms with Crippen molar-refractivity contribution < 1.29 is 18.3 Å². The number of ether oxygens (including phenoxy) is 2. The lowest BCUT2D eigenvalue weighted by Crippen LogP contribution is -2.49. The molecule has 148 valence electrons. The molecule has 2 aliphatic heterocycles. The molecule has 8 heteroatoms. The molecule has 1 aromatic rings. The molecule has 0 amide bonds. The Hall–Kier alpha value is -1.15. The summed E-state index contributed by atoms with van der Waals surface area (Å²) in [7, 11) is 0. The number of para-hydroxylation sites is 1. The molecule has 1 atom stereocenters. The van der Waals surface area contributed by atoms with Crippen LogP contribution in [0.4, 0.5) is 8.78 Å². The molecule has 0 aliphatic carbocycles. The minimum atomic E-state index is -2.85. The predicted molar refractivity (Wildman–Crippen MR) is 99.6 cm³/mol. The van der Waals surface area contributed by atoms with Crippen molar-refractivity contribution in [3.05, 3.63) is 23.8 Å². The summed E-state index contributed by atoms with van der Waals surface area (Å²) in [4.78, 5) is 4.85. The number of halogens is 3. The predicted octanol–water partition coefficient (Wildman–Crippen LogP) is 2.59. The van der Waals surface area contributed by atoms with E-state index in [1.54, 1.807) is 6.07 Å². The van der Waals surface area contributed by atoms with Crippen LogP contribution in [-0.4, -0.2) is 68.3 Å². The number of nitrogens with one attached hydrogen (secondary N) is 1. The fourth-order valence-corrected chi connectivity index (χ4v) is 3.72. The first-order chi connectivity index (χ1) is 12.2. The lowest BCUT2D eigenvalue weighted by atomic mass is 10.1. The summed E-state index contributed by atoms with van der Waals surface area (Å²) in [6.45, 7) is 6.18. The Morgan fingerprint density at radius 2 is 2.00 bits per heavy atom. The largest absolute Gasteiger partial charge is 0.490 e. The second-order valence-corrected chi connectivity index (χ2v) is 6.52. The molecule has 1 unspecified atom stereocenters. The van der Waals surface area contributed by atoms with E-state index < -0.39 is 6.61 Å². The van der Waals surface area contributed by atoms with Crippen LogP contribution in [-0.2, 0) is 6.54 Å². The summed E-state index contributed by atoms with van der Waals surface area (Å²) >= 11 is 0. The fraction of sp³-hybridized carbons (Fsp3) is 0.667. The van der Waals surface area contributed by atoms with E-state index in [1.165, 1.54) is 0 Å². The van der Waals surface area contributed by atoms with Gasteiger partial charge >= 0.3 is 6.61 Å². The van der Waals surface area contributed by atoms with Crippen molar-refractivity contribution in [2.24, 2.45) is 0 Å². The van der Waals surface area contributed by atoms with Crippen molar-refractivity contribution in [2.75, 3.05) is 45.9 Å². The zero-order chi connectivity index (χ0) is 17.6. The average Bonchev–Trinajstić information content (AvgIpc) is 3.07. The van der Waals surface area contributed by atoms with Crippen LogP contribution in [0.3, 0.4) is 0 Å². The summed E-state index contributed by atoms with van der Waals surface area (Å²) in [5, 5.41) is 3.38. The lowest BCUT2D eigenvalue weighted by molar-refractivity contribution is -0.0523. The Kier molecular flexibility index (Phi) is 8.34. The standard InChI is InChI=1S/C18H27F2N3O2.ClH/c1-2-24-16-5-3-4-14(17(16)25-18(19)20)12-22-9-6-15(13-22)23-10-7-21-8-11-23;/h3-5,15,18,21H,2,6-13H2,1H3;1H. The van der Waals surface area contributed by atoms with Crippen LogP contribution in [0.5, 0.6) is 11.5 Å². The van der Waals surface area contributed by atoms with Gasteiger partial charge in [0.15, 0.2) is 11.5 Å². The second kappa shape index (κ2) is 10.3. The van der Waals surface area contributed by atoms with Gasteiger partial charge in [0.2, 0.25) is 0 Å². The number of likely N-dealkylation sites (tertiary alicyclic amines) is 1. The molecule has 2 heterocycles. The lowest BCUT2D eigenvalue weighted by Gasteiger charge is -2.32. The summed E-state index contributed by atoms with van der Waals surface area (Å²) in [6.07, 6.45) is 1.12. The first kappa shape index (κ1) is 21.2. The molecule has 2 aliphatic rings. The van der Waals surface area contributed by atoms with E-state index in [1.807, 2.05) is 19.1 Å². The quantitative estimate of drug-likeness (QED) is 0.773. The molecule has 2 saturated heterocycles. The number of rotatable bonds is 7. The summed E-state index contributed by atoms with van der Waals surface area (Å²) < 4.78 is 35.9. The SMILES string of the molecule is CCOc1cccc(CN2CCC(N3CCNCC3)C2)c1OC(F)F.Cl. The molecule has 0 aromatic heterocycles. The molecule has 1 aromatic carbocycles.